The summed E-state index contributed by atoms with van der Waals surface area (Å²) in [6, 6.07) is 0.599. The Morgan fingerprint density at radius 1 is 1.20 bits per heavy atom. The van der Waals surface area contributed by atoms with Crippen molar-refractivity contribution in [1.29, 1.82) is 0 Å². The van der Waals surface area contributed by atoms with Crippen LogP contribution in [0, 0.1) is 17.8 Å². The number of aliphatic hydroxyl groups is 1. The lowest BCUT2D eigenvalue weighted by Gasteiger charge is -2.38. The minimum absolute atomic E-state index is 0.0457. The molecule has 4 atom stereocenters. The molecule has 1 aliphatic carbocycles. The lowest BCUT2D eigenvalue weighted by Crippen LogP contribution is -2.42. The summed E-state index contributed by atoms with van der Waals surface area (Å²) >= 11 is 0. The van der Waals surface area contributed by atoms with Crippen LogP contribution in [0.5, 0.6) is 0 Å². The second-order valence-corrected chi connectivity index (χ2v) is 5.75. The Labute approximate surface area is 93.5 Å². The van der Waals surface area contributed by atoms with Crippen molar-refractivity contribution >= 4 is 0 Å². The number of nitrogens with one attached hydrogen (secondary N) is 1. The molecule has 0 bridgehead atoms. The Hall–Kier alpha value is -0.0800. The van der Waals surface area contributed by atoms with Gasteiger partial charge in [0, 0.05) is 12.0 Å². The van der Waals surface area contributed by atoms with Crippen molar-refractivity contribution in [3.63, 3.8) is 0 Å². The van der Waals surface area contributed by atoms with Gasteiger partial charge >= 0.3 is 0 Å². The summed E-state index contributed by atoms with van der Waals surface area (Å²) in [6.07, 6.45) is 5.99. The molecule has 1 saturated heterocycles. The van der Waals surface area contributed by atoms with Gasteiger partial charge in [-0.15, -0.1) is 0 Å². The summed E-state index contributed by atoms with van der Waals surface area (Å²) in [5, 5.41) is 13.6. The topological polar surface area (TPSA) is 32.3 Å². The van der Waals surface area contributed by atoms with E-state index >= 15 is 0 Å². The van der Waals surface area contributed by atoms with Gasteiger partial charge in [-0.3, -0.25) is 0 Å². The van der Waals surface area contributed by atoms with Gasteiger partial charge in [-0.1, -0.05) is 13.8 Å². The van der Waals surface area contributed by atoms with Crippen LogP contribution in [0.25, 0.3) is 0 Å². The Morgan fingerprint density at radius 3 is 2.60 bits per heavy atom. The highest BCUT2D eigenvalue weighted by Gasteiger charge is 2.36. The fraction of sp³-hybridized carbons (Fsp3) is 1.00. The SMILES string of the molecule is CC(C)C1CCC(O)C(C2CCCN2)C1. The Kier molecular flexibility index (Phi) is 3.68. The standard InChI is InChI=1S/C13H25NO/c1-9(2)10-5-6-13(15)11(8-10)12-4-3-7-14-12/h9-15H,3-8H2,1-2H3. The van der Waals surface area contributed by atoms with E-state index in [0.29, 0.717) is 12.0 Å². The summed E-state index contributed by atoms with van der Waals surface area (Å²) in [7, 11) is 0. The van der Waals surface area contributed by atoms with E-state index in [1.54, 1.807) is 0 Å². The first-order valence-electron chi connectivity index (χ1n) is 6.60. The molecule has 2 rings (SSSR count). The van der Waals surface area contributed by atoms with Gasteiger partial charge in [0.05, 0.1) is 6.10 Å². The molecule has 2 fully saturated rings. The van der Waals surface area contributed by atoms with Gasteiger partial charge in [-0.2, -0.15) is 0 Å². The first-order chi connectivity index (χ1) is 7.18. The summed E-state index contributed by atoms with van der Waals surface area (Å²) in [5.74, 6) is 2.14. The Bertz CT molecular complexity index is 199. The molecule has 0 spiro atoms. The highest BCUT2D eigenvalue weighted by Crippen LogP contribution is 2.37. The van der Waals surface area contributed by atoms with E-state index in [1.807, 2.05) is 0 Å². The van der Waals surface area contributed by atoms with E-state index in [2.05, 4.69) is 19.2 Å². The molecule has 0 aromatic carbocycles. The lowest BCUT2D eigenvalue weighted by atomic mass is 9.72. The van der Waals surface area contributed by atoms with E-state index in [9.17, 15) is 5.11 Å². The molecule has 0 amide bonds. The van der Waals surface area contributed by atoms with Crippen LogP contribution in [0.1, 0.15) is 46.0 Å². The number of hydrogen-bond acceptors (Lipinski definition) is 2. The van der Waals surface area contributed by atoms with Crippen LogP contribution in [0.15, 0.2) is 0 Å². The van der Waals surface area contributed by atoms with E-state index in [0.717, 1.165) is 24.8 Å². The smallest absolute Gasteiger partial charge is 0.0583 e. The molecule has 0 aromatic heterocycles. The third-order valence-corrected chi connectivity index (χ3v) is 4.46. The predicted molar refractivity (Wildman–Crippen MR) is 62.7 cm³/mol. The molecule has 0 aromatic rings. The molecule has 2 aliphatic rings. The molecule has 88 valence electrons. The third kappa shape index (κ3) is 2.54. The van der Waals surface area contributed by atoms with E-state index in [4.69, 9.17) is 0 Å². The Balaban J connectivity index is 1.95. The average Bonchev–Trinajstić information content (AvgIpc) is 2.71. The molecular weight excluding hydrogens is 186 g/mol. The van der Waals surface area contributed by atoms with Gasteiger partial charge < -0.3 is 10.4 Å². The molecule has 2 heteroatoms. The number of rotatable bonds is 2. The third-order valence-electron chi connectivity index (χ3n) is 4.46. The van der Waals surface area contributed by atoms with Gasteiger partial charge in [0.15, 0.2) is 0 Å². The summed E-state index contributed by atoms with van der Waals surface area (Å²) in [4.78, 5) is 0. The highest BCUT2D eigenvalue weighted by atomic mass is 16.3. The molecule has 1 heterocycles. The minimum Gasteiger partial charge on any atom is -0.393 e. The van der Waals surface area contributed by atoms with Crippen molar-refractivity contribution in [3.05, 3.63) is 0 Å². The van der Waals surface area contributed by atoms with Gasteiger partial charge in [0.2, 0.25) is 0 Å². The monoisotopic (exact) mass is 211 g/mol. The van der Waals surface area contributed by atoms with Crippen LogP contribution in [-0.2, 0) is 0 Å². The normalized spacial score (nSPS) is 42.4. The molecule has 0 radical (unpaired) electrons. The maximum Gasteiger partial charge on any atom is 0.0583 e. The molecule has 1 aliphatic heterocycles. The van der Waals surface area contributed by atoms with Crippen molar-refractivity contribution in [3.8, 4) is 0 Å². The summed E-state index contributed by atoms with van der Waals surface area (Å²) in [5.41, 5.74) is 0. The van der Waals surface area contributed by atoms with Crippen LogP contribution in [-0.4, -0.2) is 23.8 Å². The molecule has 1 saturated carbocycles. The number of aliphatic hydroxyl groups excluding tert-OH is 1. The second kappa shape index (κ2) is 4.84. The van der Waals surface area contributed by atoms with E-state index in [-0.39, 0.29) is 6.10 Å². The second-order valence-electron chi connectivity index (χ2n) is 5.75. The maximum atomic E-state index is 10.1. The Morgan fingerprint density at radius 2 is 2.00 bits per heavy atom. The molecule has 2 nitrogen and oxygen atoms in total. The largest absolute Gasteiger partial charge is 0.393 e. The molecule has 2 N–H and O–H groups in total. The summed E-state index contributed by atoms with van der Waals surface area (Å²) in [6.45, 7) is 5.79. The quantitative estimate of drug-likeness (QED) is 0.733. The van der Waals surface area contributed by atoms with Crippen LogP contribution >= 0.6 is 0 Å². The first kappa shape index (κ1) is 11.4. The summed E-state index contributed by atoms with van der Waals surface area (Å²) < 4.78 is 0. The van der Waals surface area contributed by atoms with Crippen LogP contribution in [0.3, 0.4) is 0 Å². The number of hydrogen-bond donors (Lipinski definition) is 2. The zero-order valence-corrected chi connectivity index (χ0v) is 10.1. The maximum absolute atomic E-state index is 10.1. The predicted octanol–water partition coefficient (Wildman–Crippen LogP) is 2.17. The van der Waals surface area contributed by atoms with E-state index < -0.39 is 0 Å². The molecule has 4 unspecified atom stereocenters. The van der Waals surface area contributed by atoms with E-state index in [1.165, 1.54) is 25.7 Å². The van der Waals surface area contributed by atoms with Crippen LogP contribution < -0.4 is 5.32 Å². The zero-order chi connectivity index (χ0) is 10.8. The molecule has 15 heavy (non-hydrogen) atoms. The van der Waals surface area contributed by atoms with Crippen molar-refractivity contribution in [1.82, 2.24) is 5.32 Å². The van der Waals surface area contributed by atoms with Crippen LogP contribution in [0.4, 0.5) is 0 Å². The van der Waals surface area contributed by atoms with Gasteiger partial charge in [-0.05, 0) is 50.5 Å². The first-order valence-corrected chi connectivity index (χ1v) is 6.60. The minimum atomic E-state index is -0.0457. The lowest BCUT2D eigenvalue weighted by molar-refractivity contribution is 0.0218. The fourth-order valence-corrected chi connectivity index (χ4v) is 3.34. The van der Waals surface area contributed by atoms with Gasteiger partial charge in [0.1, 0.15) is 0 Å². The highest BCUT2D eigenvalue weighted by molar-refractivity contribution is 4.90. The van der Waals surface area contributed by atoms with Crippen molar-refractivity contribution < 1.29 is 5.11 Å². The fourth-order valence-electron chi connectivity index (χ4n) is 3.34. The van der Waals surface area contributed by atoms with Gasteiger partial charge in [0.25, 0.3) is 0 Å². The van der Waals surface area contributed by atoms with Crippen molar-refractivity contribution in [2.75, 3.05) is 6.54 Å². The van der Waals surface area contributed by atoms with Gasteiger partial charge in [-0.25, -0.2) is 0 Å². The van der Waals surface area contributed by atoms with Crippen molar-refractivity contribution in [2.45, 2.75) is 58.1 Å². The average molecular weight is 211 g/mol. The molecular formula is C13H25NO. The van der Waals surface area contributed by atoms with Crippen LogP contribution in [0.2, 0.25) is 0 Å². The van der Waals surface area contributed by atoms with Crippen molar-refractivity contribution in [2.24, 2.45) is 17.8 Å². The zero-order valence-electron chi connectivity index (χ0n) is 10.1.